The van der Waals surface area contributed by atoms with Crippen LogP contribution in [0, 0.1) is 17.8 Å². The van der Waals surface area contributed by atoms with E-state index in [2.05, 4.69) is 11.8 Å². The summed E-state index contributed by atoms with van der Waals surface area (Å²) in [4.78, 5) is 13.5. The maximum atomic E-state index is 10.9. The van der Waals surface area contributed by atoms with E-state index in [4.69, 9.17) is 5.11 Å². The van der Waals surface area contributed by atoms with Gasteiger partial charge in [-0.2, -0.15) is 0 Å². The standard InChI is InChI=1S/C17H31NO2/c1-14(11-17(19)20)16-9-6-10-18(13-16)12-15-7-4-2-3-5-8-15/h14-16H,2-13H2,1H3,(H,19,20). The van der Waals surface area contributed by atoms with E-state index in [0.29, 0.717) is 18.3 Å². The second kappa shape index (κ2) is 8.02. The summed E-state index contributed by atoms with van der Waals surface area (Å²) in [7, 11) is 0. The zero-order valence-corrected chi connectivity index (χ0v) is 13.0. The fourth-order valence-electron chi connectivity index (χ4n) is 4.08. The molecule has 0 aromatic rings. The number of likely N-dealkylation sites (tertiary alicyclic amines) is 1. The number of hydrogen-bond acceptors (Lipinski definition) is 2. The molecule has 0 aromatic heterocycles. The molecule has 20 heavy (non-hydrogen) atoms. The molecule has 3 nitrogen and oxygen atoms in total. The quantitative estimate of drug-likeness (QED) is 0.780. The zero-order valence-electron chi connectivity index (χ0n) is 13.0. The highest BCUT2D eigenvalue weighted by atomic mass is 16.4. The van der Waals surface area contributed by atoms with Gasteiger partial charge < -0.3 is 10.0 Å². The Balaban J connectivity index is 1.78. The summed E-state index contributed by atoms with van der Waals surface area (Å²) in [5, 5.41) is 8.96. The molecule has 2 rings (SSSR count). The van der Waals surface area contributed by atoms with Crippen molar-refractivity contribution in [1.29, 1.82) is 0 Å². The van der Waals surface area contributed by atoms with Gasteiger partial charge in [0.05, 0.1) is 0 Å². The largest absolute Gasteiger partial charge is 0.481 e. The molecule has 1 heterocycles. The SMILES string of the molecule is CC(CC(=O)O)C1CCCN(CC2CCCCCC2)C1. The highest BCUT2D eigenvalue weighted by Gasteiger charge is 2.27. The van der Waals surface area contributed by atoms with Crippen molar-refractivity contribution in [2.24, 2.45) is 17.8 Å². The normalized spacial score (nSPS) is 27.9. The Labute approximate surface area is 123 Å². The molecule has 1 saturated carbocycles. The minimum absolute atomic E-state index is 0.324. The Hall–Kier alpha value is -0.570. The van der Waals surface area contributed by atoms with Gasteiger partial charge in [-0.25, -0.2) is 0 Å². The third kappa shape index (κ3) is 5.08. The molecule has 1 aliphatic carbocycles. The van der Waals surface area contributed by atoms with Crippen LogP contribution in [0.4, 0.5) is 0 Å². The summed E-state index contributed by atoms with van der Waals surface area (Å²) in [6, 6.07) is 0. The lowest BCUT2D eigenvalue weighted by Gasteiger charge is -2.37. The second-order valence-electron chi connectivity index (χ2n) is 7.09. The predicted octanol–water partition coefficient (Wildman–Crippen LogP) is 3.78. The fourth-order valence-corrected chi connectivity index (χ4v) is 4.08. The molecule has 0 amide bonds. The van der Waals surface area contributed by atoms with Gasteiger partial charge >= 0.3 is 5.97 Å². The summed E-state index contributed by atoms with van der Waals surface area (Å²) in [5.74, 6) is 1.17. The summed E-state index contributed by atoms with van der Waals surface area (Å²) >= 11 is 0. The number of rotatable bonds is 5. The van der Waals surface area contributed by atoms with E-state index in [1.165, 1.54) is 64.5 Å². The first-order valence-electron chi connectivity index (χ1n) is 8.59. The Morgan fingerprint density at radius 2 is 1.85 bits per heavy atom. The number of carboxylic acids is 1. The minimum atomic E-state index is -0.640. The van der Waals surface area contributed by atoms with Crippen molar-refractivity contribution < 1.29 is 9.90 Å². The molecule has 1 N–H and O–H groups in total. The molecular formula is C17H31NO2. The van der Waals surface area contributed by atoms with Gasteiger partial charge in [0, 0.05) is 19.5 Å². The molecular weight excluding hydrogens is 250 g/mol. The van der Waals surface area contributed by atoms with Crippen LogP contribution >= 0.6 is 0 Å². The van der Waals surface area contributed by atoms with E-state index in [0.717, 1.165) is 12.5 Å². The average Bonchev–Trinajstić information content (AvgIpc) is 2.67. The number of piperidine rings is 1. The summed E-state index contributed by atoms with van der Waals surface area (Å²) in [6.07, 6.45) is 11.3. The lowest BCUT2D eigenvalue weighted by atomic mass is 9.84. The van der Waals surface area contributed by atoms with Crippen LogP contribution in [-0.2, 0) is 4.79 Å². The van der Waals surface area contributed by atoms with Gasteiger partial charge in [-0.05, 0) is 50.0 Å². The Kier molecular flexibility index (Phi) is 6.34. The molecule has 0 spiro atoms. The lowest BCUT2D eigenvalue weighted by Crippen LogP contribution is -2.40. The molecule has 2 unspecified atom stereocenters. The molecule has 116 valence electrons. The van der Waals surface area contributed by atoms with Crippen molar-refractivity contribution in [2.75, 3.05) is 19.6 Å². The van der Waals surface area contributed by atoms with E-state index in [9.17, 15) is 4.79 Å². The Bertz CT molecular complexity index is 297. The average molecular weight is 281 g/mol. The maximum absolute atomic E-state index is 10.9. The van der Waals surface area contributed by atoms with Crippen molar-refractivity contribution in [1.82, 2.24) is 4.90 Å². The first-order chi connectivity index (χ1) is 9.65. The number of carbonyl (C=O) groups is 1. The van der Waals surface area contributed by atoms with E-state index in [1.54, 1.807) is 0 Å². The third-order valence-electron chi connectivity index (χ3n) is 5.33. The van der Waals surface area contributed by atoms with Crippen LogP contribution < -0.4 is 0 Å². The first kappa shape index (κ1) is 15.8. The zero-order chi connectivity index (χ0) is 14.4. The van der Waals surface area contributed by atoms with Gasteiger partial charge in [0.15, 0.2) is 0 Å². The first-order valence-corrected chi connectivity index (χ1v) is 8.59. The van der Waals surface area contributed by atoms with Gasteiger partial charge in [-0.3, -0.25) is 4.79 Å². The number of aliphatic carboxylic acids is 1. The summed E-state index contributed by atoms with van der Waals surface area (Å²) < 4.78 is 0. The predicted molar refractivity (Wildman–Crippen MR) is 81.8 cm³/mol. The van der Waals surface area contributed by atoms with E-state index in [1.807, 2.05) is 0 Å². The van der Waals surface area contributed by atoms with Crippen LogP contribution in [0.5, 0.6) is 0 Å². The molecule has 2 atom stereocenters. The number of carboxylic acid groups (broad SMARTS) is 1. The molecule has 0 aromatic carbocycles. The molecule has 0 radical (unpaired) electrons. The van der Waals surface area contributed by atoms with E-state index >= 15 is 0 Å². The van der Waals surface area contributed by atoms with Crippen molar-refractivity contribution in [2.45, 2.75) is 64.7 Å². The third-order valence-corrected chi connectivity index (χ3v) is 5.33. The maximum Gasteiger partial charge on any atom is 0.303 e. The molecule has 1 aliphatic heterocycles. The number of hydrogen-bond donors (Lipinski definition) is 1. The minimum Gasteiger partial charge on any atom is -0.481 e. The lowest BCUT2D eigenvalue weighted by molar-refractivity contribution is -0.138. The van der Waals surface area contributed by atoms with Crippen molar-refractivity contribution in [3.05, 3.63) is 0 Å². The highest BCUT2D eigenvalue weighted by molar-refractivity contribution is 5.67. The molecule has 2 aliphatic rings. The van der Waals surface area contributed by atoms with Crippen LogP contribution in [0.3, 0.4) is 0 Å². The summed E-state index contributed by atoms with van der Waals surface area (Å²) in [5.41, 5.74) is 0. The van der Waals surface area contributed by atoms with Gasteiger partial charge in [0.25, 0.3) is 0 Å². The van der Waals surface area contributed by atoms with Gasteiger partial charge in [0.2, 0.25) is 0 Å². The van der Waals surface area contributed by atoms with Crippen LogP contribution in [-0.4, -0.2) is 35.6 Å². The van der Waals surface area contributed by atoms with Gasteiger partial charge in [-0.15, -0.1) is 0 Å². The van der Waals surface area contributed by atoms with Crippen molar-refractivity contribution in [3.8, 4) is 0 Å². The smallest absolute Gasteiger partial charge is 0.303 e. The van der Waals surface area contributed by atoms with E-state index < -0.39 is 5.97 Å². The van der Waals surface area contributed by atoms with Crippen LogP contribution in [0.15, 0.2) is 0 Å². The molecule has 1 saturated heterocycles. The van der Waals surface area contributed by atoms with Gasteiger partial charge in [0.1, 0.15) is 0 Å². The molecule has 0 bridgehead atoms. The second-order valence-corrected chi connectivity index (χ2v) is 7.09. The molecule has 2 fully saturated rings. The highest BCUT2D eigenvalue weighted by Crippen LogP contribution is 2.29. The topological polar surface area (TPSA) is 40.5 Å². The van der Waals surface area contributed by atoms with Crippen molar-refractivity contribution >= 4 is 5.97 Å². The molecule has 3 heteroatoms. The van der Waals surface area contributed by atoms with Crippen LogP contribution in [0.2, 0.25) is 0 Å². The Morgan fingerprint density at radius 1 is 1.15 bits per heavy atom. The summed E-state index contributed by atoms with van der Waals surface area (Å²) in [6.45, 7) is 5.74. The Morgan fingerprint density at radius 3 is 2.50 bits per heavy atom. The van der Waals surface area contributed by atoms with Gasteiger partial charge in [-0.1, -0.05) is 32.6 Å². The fraction of sp³-hybridized carbons (Fsp3) is 0.941. The number of nitrogens with zero attached hydrogens (tertiary/aromatic N) is 1. The monoisotopic (exact) mass is 281 g/mol. The van der Waals surface area contributed by atoms with E-state index in [-0.39, 0.29) is 0 Å². The van der Waals surface area contributed by atoms with Crippen LogP contribution in [0.25, 0.3) is 0 Å². The van der Waals surface area contributed by atoms with Crippen LogP contribution in [0.1, 0.15) is 64.7 Å². The van der Waals surface area contributed by atoms with Crippen molar-refractivity contribution in [3.63, 3.8) is 0 Å².